The highest BCUT2D eigenvalue weighted by atomic mass is 32.2. The molecule has 0 bridgehead atoms. The van der Waals surface area contributed by atoms with Crippen LogP contribution in [-0.4, -0.2) is 43.8 Å². The molecular formula is C31H39N3O4S. The van der Waals surface area contributed by atoms with Crippen molar-refractivity contribution in [2.75, 3.05) is 10.8 Å². The average molecular weight is 550 g/mol. The van der Waals surface area contributed by atoms with Crippen LogP contribution in [0.3, 0.4) is 0 Å². The molecule has 0 aliphatic heterocycles. The van der Waals surface area contributed by atoms with Gasteiger partial charge in [-0.15, -0.1) is 0 Å². The minimum absolute atomic E-state index is 0.0550. The van der Waals surface area contributed by atoms with Gasteiger partial charge in [0.05, 0.1) is 10.6 Å². The number of amides is 2. The van der Waals surface area contributed by atoms with Crippen LogP contribution in [-0.2, 0) is 26.2 Å². The summed E-state index contributed by atoms with van der Waals surface area (Å²) in [5.74, 6) is -0.751. The second-order valence-corrected chi connectivity index (χ2v) is 12.0. The molecule has 3 aromatic rings. The Morgan fingerprint density at radius 2 is 1.46 bits per heavy atom. The van der Waals surface area contributed by atoms with Crippen molar-refractivity contribution in [2.45, 2.75) is 71.5 Å². The van der Waals surface area contributed by atoms with E-state index in [4.69, 9.17) is 0 Å². The van der Waals surface area contributed by atoms with Crippen molar-refractivity contribution in [2.24, 2.45) is 0 Å². The molecule has 0 heterocycles. The molecule has 0 spiro atoms. The third-order valence-electron chi connectivity index (χ3n) is 6.87. The van der Waals surface area contributed by atoms with Crippen molar-refractivity contribution in [1.82, 2.24) is 10.2 Å². The maximum Gasteiger partial charge on any atom is 0.264 e. The fraction of sp³-hybridized carbons (Fsp3) is 0.355. The van der Waals surface area contributed by atoms with Crippen LogP contribution in [0, 0.1) is 20.8 Å². The van der Waals surface area contributed by atoms with Gasteiger partial charge in [0.25, 0.3) is 10.0 Å². The van der Waals surface area contributed by atoms with E-state index in [0.29, 0.717) is 5.69 Å². The summed E-state index contributed by atoms with van der Waals surface area (Å²) in [4.78, 5) is 28.7. The molecule has 3 aromatic carbocycles. The van der Waals surface area contributed by atoms with E-state index >= 15 is 0 Å². The minimum atomic E-state index is -4.08. The Morgan fingerprint density at radius 3 is 2.05 bits per heavy atom. The molecule has 0 fully saturated rings. The number of anilines is 1. The smallest absolute Gasteiger partial charge is 0.264 e. The Morgan fingerprint density at radius 1 is 0.872 bits per heavy atom. The van der Waals surface area contributed by atoms with Gasteiger partial charge in [-0.1, -0.05) is 55.5 Å². The maximum atomic E-state index is 14.0. The van der Waals surface area contributed by atoms with Crippen molar-refractivity contribution in [3.05, 3.63) is 95.1 Å². The van der Waals surface area contributed by atoms with Gasteiger partial charge in [-0.05, 0) is 87.6 Å². The van der Waals surface area contributed by atoms with E-state index in [1.165, 1.54) is 17.0 Å². The lowest BCUT2D eigenvalue weighted by Gasteiger charge is -2.33. The van der Waals surface area contributed by atoms with Gasteiger partial charge in [0.2, 0.25) is 11.8 Å². The number of hydrogen-bond donors (Lipinski definition) is 1. The number of sulfonamides is 1. The molecule has 0 radical (unpaired) electrons. The molecule has 2 atom stereocenters. The number of benzene rings is 3. The van der Waals surface area contributed by atoms with Gasteiger partial charge < -0.3 is 10.2 Å². The second-order valence-electron chi connectivity index (χ2n) is 10.1. The molecular weight excluding hydrogens is 510 g/mol. The van der Waals surface area contributed by atoms with E-state index in [0.717, 1.165) is 33.0 Å². The lowest BCUT2D eigenvalue weighted by atomic mass is 10.1. The van der Waals surface area contributed by atoms with E-state index in [1.807, 2.05) is 65.0 Å². The number of carbonyl (C=O) groups is 2. The highest BCUT2D eigenvalue weighted by molar-refractivity contribution is 7.92. The molecule has 0 saturated carbocycles. The molecule has 2 amide bonds. The highest BCUT2D eigenvalue weighted by Crippen LogP contribution is 2.27. The van der Waals surface area contributed by atoms with E-state index < -0.39 is 28.5 Å². The Labute approximate surface area is 232 Å². The van der Waals surface area contributed by atoms with E-state index in [1.54, 1.807) is 37.3 Å². The Balaban J connectivity index is 2.06. The minimum Gasteiger partial charge on any atom is -0.352 e. The van der Waals surface area contributed by atoms with Crippen LogP contribution in [0.4, 0.5) is 5.69 Å². The highest BCUT2D eigenvalue weighted by Gasteiger charge is 2.33. The Kier molecular flexibility index (Phi) is 9.92. The van der Waals surface area contributed by atoms with E-state index in [9.17, 15) is 18.0 Å². The van der Waals surface area contributed by atoms with Crippen LogP contribution in [0.1, 0.15) is 49.4 Å². The topological polar surface area (TPSA) is 86.8 Å². The first-order valence-electron chi connectivity index (χ1n) is 13.2. The summed E-state index contributed by atoms with van der Waals surface area (Å²) in [6.07, 6.45) is 0.750. The lowest BCUT2D eigenvalue weighted by Crippen LogP contribution is -2.52. The fourth-order valence-electron chi connectivity index (χ4n) is 4.36. The van der Waals surface area contributed by atoms with Gasteiger partial charge in [-0.25, -0.2) is 8.42 Å². The number of aryl methyl sites for hydroxylation is 3. The van der Waals surface area contributed by atoms with E-state index in [2.05, 4.69) is 5.32 Å². The van der Waals surface area contributed by atoms with Crippen molar-refractivity contribution >= 4 is 27.5 Å². The van der Waals surface area contributed by atoms with Crippen molar-refractivity contribution in [3.63, 3.8) is 0 Å². The monoisotopic (exact) mass is 549 g/mol. The summed E-state index contributed by atoms with van der Waals surface area (Å²) in [6.45, 7) is 11.0. The largest absolute Gasteiger partial charge is 0.352 e. The third-order valence-corrected chi connectivity index (χ3v) is 8.66. The zero-order valence-electron chi connectivity index (χ0n) is 23.6. The van der Waals surface area contributed by atoms with Crippen LogP contribution >= 0.6 is 0 Å². The maximum absolute atomic E-state index is 14.0. The summed E-state index contributed by atoms with van der Waals surface area (Å²) in [6, 6.07) is 20.3. The molecule has 0 saturated heterocycles. The summed E-state index contributed by atoms with van der Waals surface area (Å²) in [7, 11) is -4.08. The lowest BCUT2D eigenvalue weighted by molar-refractivity contribution is -0.139. The second kappa shape index (κ2) is 12.9. The van der Waals surface area contributed by atoms with E-state index in [-0.39, 0.29) is 23.4 Å². The predicted octanol–water partition coefficient (Wildman–Crippen LogP) is 5.14. The van der Waals surface area contributed by atoms with Gasteiger partial charge in [0, 0.05) is 12.6 Å². The summed E-state index contributed by atoms with van der Waals surface area (Å²) in [5.41, 5.74) is 4.02. The van der Waals surface area contributed by atoms with Crippen LogP contribution in [0.2, 0.25) is 0 Å². The number of hydrogen-bond acceptors (Lipinski definition) is 4. The first-order valence-corrected chi connectivity index (χ1v) is 14.7. The average Bonchev–Trinajstić information content (AvgIpc) is 2.90. The fourth-order valence-corrected chi connectivity index (χ4v) is 5.78. The molecule has 8 heteroatoms. The Bertz CT molecular complexity index is 1390. The van der Waals surface area contributed by atoms with Crippen LogP contribution in [0.5, 0.6) is 0 Å². The standard InChI is InChI=1S/C31H39N3O4S/c1-7-25(5)32-31(36)26(6)33(20-27-14-12-11-13-24(27)4)30(35)21-34(28-18-22(2)17-23(3)19-28)39(37,38)29-15-9-8-10-16-29/h8-19,25-26H,7,20-21H2,1-6H3,(H,32,36)/t25-,26-/m0/s1. The normalized spacial score (nSPS) is 12.9. The molecule has 0 aromatic heterocycles. The summed E-state index contributed by atoms with van der Waals surface area (Å²) < 4.78 is 28.9. The van der Waals surface area contributed by atoms with Crippen molar-refractivity contribution in [1.29, 1.82) is 0 Å². The molecule has 39 heavy (non-hydrogen) atoms. The SMILES string of the molecule is CC[C@H](C)NC(=O)[C@H](C)N(Cc1ccccc1C)C(=O)CN(c1cc(C)cc(C)c1)S(=O)(=O)c1ccccc1. The van der Waals surface area contributed by atoms with Gasteiger partial charge in [0.1, 0.15) is 12.6 Å². The molecule has 0 unspecified atom stereocenters. The Hall–Kier alpha value is -3.65. The zero-order chi connectivity index (χ0) is 28.7. The first kappa shape index (κ1) is 29.9. The first-order chi connectivity index (χ1) is 18.4. The molecule has 0 aliphatic carbocycles. The molecule has 208 valence electrons. The summed E-state index contributed by atoms with van der Waals surface area (Å²) in [5, 5.41) is 2.96. The molecule has 7 nitrogen and oxygen atoms in total. The van der Waals surface area contributed by atoms with Crippen LogP contribution < -0.4 is 9.62 Å². The quantitative estimate of drug-likeness (QED) is 0.359. The predicted molar refractivity (Wildman–Crippen MR) is 156 cm³/mol. The van der Waals surface area contributed by atoms with Gasteiger partial charge in [-0.3, -0.25) is 13.9 Å². The number of rotatable bonds is 11. The summed E-state index contributed by atoms with van der Waals surface area (Å²) >= 11 is 0. The van der Waals surface area contributed by atoms with Gasteiger partial charge in [0.15, 0.2) is 0 Å². The van der Waals surface area contributed by atoms with Crippen LogP contribution in [0.15, 0.2) is 77.7 Å². The van der Waals surface area contributed by atoms with Gasteiger partial charge in [-0.2, -0.15) is 0 Å². The number of nitrogens with one attached hydrogen (secondary N) is 1. The molecule has 0 aliphatic rings. The van der Waals surface area contributed by atoms with Crippen molar-refractivity contribution in [3.8, 4) is 0 Å². The van der Waals surface area contributed by atoms with Gasteiger partial charge >= 0.3 is 0 Å². The zero-order valence-corrected chi connectivity index (χ0v) is 24.5. The van der Waals surface area contributed by atoms with Crippen LogP contribution in [0.25, 0.3) is 0 Å². The number of carbonyl (C=O) groups excluding carboxylic acids is 2. The third kappa shape index (κ3) is 7.47. The molecule has 3 rings (SSSR count). The molecule has 1 N–H and O–H groups in total. The van der Waals surface area contributed by atoms with Crippen molar-refractivity contribution < 1.29 is 18.0 Å². The number of nitrogens with zero attached hydrogens (tertiary/aromatic N) is 2.